The molecule has 5 rings (SSSR count). The fourth-order valence-corrected chi connectivity index (χ4v) is 4.90. The monoisotopic (exact) mass is 366 g/mol. The minimum Gasteiger partial charge on any atom is -0.289 e. The number of hydrogen-bond donors (Lipinski definition) is 0. The Morgan fingerprint density at radius 2 is 2.00 bits per heavy atom. The van der Waals surface area contributed by atoms with Crippen LogP contribution >= 0.6 is 11.8 Å². The molecular weight excluding hydrogens is 344 g/mol. The third-order valence-corrected chi connectivity index (χ3v) is 6.25. The minimum atomic E-state index is 0.426. The van der Waals surface area contributed by atoms with Crippen molar-refractivity contribution in [3.05, 3.63) is 47.2 Å². The lowest BCUT2D eigenvalue weighted by Crippen LogP contribution is -2.38. The van der Waals surface area contributed by atoms with E-state index in [1.807, 2.05) is 19.3 Å². The van der Waals surface area contributed by atoms with Gasteiger partial charge in [-0.05, 0) is 25.5 Å². The topological polar surface area (TPSA) is 59.2 Å². The third kappa shape index (κ3) is 2.61. The Kier molecular flexibility index (Phi) is 3.94. The normalized spacial score (nSPS) is 22.1. The van der Waals surface area contributed by atoms with Crippen molar-refractivity contribution in [3.63, 3.8) is 0 Å². The summed E-state index contributed by atoms with van der Waals surface area (Å²) in [5.41, 5.74) is 5.87. The second kappa shape index (κ2) is 6.32. The molecule has 0 aliphatic carbocycles. The van der Waals surface area contributed by atoms with E-state index in [0.29, 0.717) is 12.1 Å². The van der Waals surface area contributed by atoms with Crippen LogP contribution < -0.4 is 0 Å². The van der Waals surface area contributed by atoms with Crippen LogP contribution in [0.1, 0.15) is 48.3 Å². The lowest BCUT2D eigenvalue weighted by Gasteiger charge is -2.36. The maximum absolute atomic E-state index is 4.67. The SMILES string of the molecule is CCSc1ncc(CN2[C@H]3CC[C@H]2c2cnc4cc(C)nn4c2C3)cn1. The van der Waals surface area contributed by atoms with E-state index in [1.54, 1.807) is 11.8 Å². The molecule has 26 heavy (non-hydrogen) atoms. The largest absolute Gasteiger partial charge is 0.289 e. The summed E-state index contributed by atoms with van der Waals surface area (Å²) in [5.74, 6) is 1.00. The summed E-state index contributed by atoms with van der Waals surface area (Å²) in [6, 6.07) is 3.05. The van der Waals surface area contributed by atoms with Crippen molar-refractivity contribution in [2.75, 3.05) is 5.75 Å². The molecule has 0 radical (unpaired) electrons. The van der Waals surface area contributed by atoms with Gasteiger partial charge in [0.25, 0.3) is 0 Å². The predicted octanol–water partition coefficient (Wildman–Crippen LogP) is 3.20. The zero-order valence-corrected chi connectivity index (χ0v) is 15.9. The summed E-state index contributed by atoms with van der Waals surface area (Å²) >= 11 is 1.68. The lowest BCUT2D eigenvalue weighted by atomic mass is 9.98. The molecule has 134 valence electrons. The fraction of sp³-hybridized carbons (Fsp3) is 0.474. The van der Waals surface area contributed by atoms with Crippen molar-refractivity contribution < 1.29 is 0 Å². The van der Waals surface area contributed by atoms with Gasteiger partial charge in [0.05, 0.1) is 11.4 Å². The maximum atomic E-state index is 4.67. The molecular formula is C19H22N6S. The quantitative estimate of drug-likeness (QED) is 0.522. The summed E-state index contributed by atoms with van der Waals surface area (Å²) in [7, 11) is 0. The van der Waals surface area contributed by atoms with Crippen LogP contribution in [-0.4, -0.2) is 41.3 Å². The van der Waals surface area contributed by atoms with Gasteiger partial charge in [-0.15, -0.1) is 0 Å². The zero-order valence-electron chi connectivity index (χ0n) is 15.1. The maximum Gasteiger partial charge on any atom is 0.187 e. The lowest BCUT2D eigenvalue weighted by molar-refractivity contribution is 0.164. The fourth-order valence-electron chi connectivity index (χ4n) is 4.38. The molecule has 0 spiro atoms. The van der Waals surface area contributed by atoms with Crippen LogP contribution in [0.4, 0.5) is 0 Å². The number of rotatable bonds is 4. The van der Waals surface area contributed by atoms with Crippen molar-refractivity contribution in [2.45, 2.75) is 56.9 Å². The highest BCUT2D eigenvalue weighted by atomic mass is 32.2. The molecule has 2 aliphatic rings. The first-order valence-corrected chi connectivity index (χ1v) is 10.2. The Balaban J connectivity index is 1.45. The van der Waals surface area contributed by atoms with Gasteiger partial charge in [-0.1, -0.05) is 18.7 Å². The van der Waals surface area contributed by atoms with Crippen molar-refractivity contribution >= 4 is 17.4 Å². The minimum absolute atomic E-state index is 0.426. The molecule has 1 fully saturated rings. The second-order valence-electron chi connectivity index (χ2n) is 7.15. The van der Waals surface area contributed by atoms with Crippen LogP contribution in [0.3, 0.4) is 0 Å². The smallest absolute Gasteiger partial charge is 0.187 e. The van der Waals surface area contributed by atoms with Gasteiger partial charge in [0.15, 0.2) is 10.8 Å². The van der Waals surface area contributed by atoms with Gasteiger partial charge in [-0.2, -0.15) is 5.10 Å². The molecule has 5 heterocycles. The van der Waals surface area contributed by atoms with Gasteiger partial charge < -0.3 is 0 Å². The Bertz CT molecular complexity index is 951. The number of nitrogens with zero attached hydrogens (tertiary/aromatic N) is 6. The average molecular weight is 366 g/mol. The van der Waals surface area contributed by atoms with E-state index in [4.69, 9.17) is 0 Å². The van der Waals surface area contributed by atoms with E-state index < -0.39 is 0 Å². The van der Waals surface area contributed by atoms with E-state index >= 15 is 0 Å². The van der Waals surface area contributed by atoms with Gasteiger partial charge in [-0.25, -0.2) is 19.5 Å². The first kappa shape index (κ1) is 16.2. The number of fused-ring (bicyclic) bond motifs is 6. The summed E-state index contributed by atoms with van der Waals surface area (Å²) in [5, 5.41) is 5.54. The van der Waals surface area contributed by atoms with Crippen molar-refractivity contribution in [3.8, 4) is 0 Å². The van der Waals surface area contributed by atoms with Crippen LogP contribution in [0.2, 0.25) is 0 Å². The van der Waals surface area contributed by atoms with E-state index in [0.717, 1.165) is 35.2 Å². The van der Waals surface area contributed by atoms with Crippen molar-refractivity contribution in [2.24, 2.45) is 0 Å². The molecule has 1 saturated heterocycles. The number of aryl methyl sites for hydroxylation is 1. The zero-order chi connectivity index (χ0) is 17.7. The average Bonchev–Trinajstić information content (AvgIpc) is 3.15. The van der Waals surface area contributed by atoms with Crippen LogP contribution in [0.15, 0.2) is 29.8 Å². The molecule has 2 atom stereocenters. The molecule has 3 aromatic heterocycles. The van der Waals surface area contributed by atoms with E-state index in [-0.39, 0.29) is 0 Å². The van der Waals surface area contributed by atoms with Gasteiger partial charge in [0.2, 0.25) is 0 Å². The van der Waals surface area contributed by atoms with E-state index in [9.17, 15) is 0 Å². The van der Waals surface area contributed by atoms with Gasteiger partial charge in [0.1, 0.15) is 0 Å². The molecule has 0 saturated carbocycles. The summed E-state index contributed by atoms with van der Waals surface area (Å²) in [4.78, 5) is 16.2. The summed E-state index contributed by atoms with van der Waals surface area (Å²) < 4.78 is 2.06. The number of hydrogen-bond acceptors (Lipinski definition) is 6. The van der Waals surface area contributed by atoms with Crippen LogP contribution in [0.5, 0.6) is 0 Å². The Hall–Kier alpha value is -1.99. The highest BCUT2D eigenvalue weighted by Crippen LogP contribution is 2.44. The summed E-state index contributed by atoms with van der Waals surface area (Å²) in [6.45, 7) is 5.06. The molecule has 0 unspecified atom stereocenters. The van der Waals surface area contributed by atoms with Crippen LogP contribution in [-0.2, 0) is 13.0 Å². The first-order chi connectivity index (χ1) is 12.7. The summed E-state index contributed by atoms with van der Waals surface area (Å²) in [6.07, 6.45) is 9.50. The van der Waals surface area contributed by atoms with E-state index in [1.165, 1.54) is 29.7 Å². The highest BCUT2D eigenvalue weighted by Gasteiger charge is 2.41. The predicted molar refractivity (Wildman–Crippen MR) is 101 cm³/mol. The molecule has 0 N–H and O–H groups in total. The Morgan fingerprint density at radius 3 is 2.81 bits per heavy atom. The van der Waals surface area contributed by atoms with Gasteiger partial charge in [-0.3, -0.25) is 4.90 Å². The Labute approximate surface area is 157 Å². The van der Waals surface area contributed by atoms with E-state index in [2.05, 4.69) is 48.7 Å². The van der Waals surface area contributed by atoms with Gasteiger partial charge in [0, 0.05) is 60.8 Å². The van der Waals surface area contributed by atoms with Crippen molar-refractivity contribution in [1.29, 1.82) is 0 Å². The second-order valence-corrected chi connectivity index (χ2v) is 8.38. The standard InChI is InChI=1S/C19H22N6S/c1-3-26-19-21-8-13(9-22-19)11-24-14-4-5-16(24)15-10-20-18-6-12(2)23-25(18)17(15)7-14/h6,8-10,14,16H,3-5,7,11H2,1-2H3/t14-,16-/m0/s1. The molecule has 0 amide bonds. The number of aromatic nitrogens is 5. The third-order valence-electron chi connectivity index (χ3n) is 5.49. The Morgan fingerprint density at radius 1 is 1.15 bits per heavy atom. The highest BCUT2D eigenvalue weighted by molar-refractivity contribution is 7.99. The molecule has 3 aromatic rings. The molecule has 2 aliphatic heterocycles. The van der Waals surface area contributed by atoms with Crippen LogP contribution in [0, 0.1) is 6.92 Å². The number of thioether (sulfide) groups is 1. The van der Waals surface area contributed by atoms with Crippen LogP contribution in [0.25, 0.3) is 5.65 Å². The first-order valence-electron chi connectivity index (χ1n) is 9.26. The molecule has 2 bridgehead atoms. The van der Waals surface area contributed by atoms with Gasteiger partial charge >= 0.3 is 0 Å². The molecule has 6 nitrogen and oxygen atoms in total. The molecule has 0 aromatic carbocycles. The molecule has 7 heteroatoms. The van der Waals surface area contributed by atoms with Crippen molar-refractivity contribution in [1.82, 2.24) is 29.5 Å².